The molecule has 6 heteroatoms. The highest BCUT2D eigenvalue weighted by Gasteiger charge is 2.35. The number of aliphatic hydroxyl groups is 1. The van der Waals surface area contributed by atoms with Gasteiger partial charge in [-0.1, -0.05) is 35.4 Å². The first-order valence-electron chi connectivity index (χ1n) is 6.70. The van der Waals surface area contributed by atoms with Crippen molar-refractivity contribution in [3.8, 4) is 0 Å². The fourth-order valence-electron chi connectivity index (χ4n) is 2.30. The summed E-state index contributed by atoms with van der Waals surface area (Å²) in [5, 5.41) is 13.4. The fourth-order valence-corrected chi connectivity index (χ4v) is 2.30. The van der Waals surface area contributed by atoms with Crippen LogP contribution in [0.5, 0.6) is 0 Å². The average molecular weight is 277 g/mol. The summed E-state index contributed by atoms with van der Waals surface area (Å²) < 4.78 is 11.5. The minimum Gasteiger partial charge on any atom is -0.390 e. The van der Waals surface area contributed by atoms with Gasteiger partial charge in [0.2, 0.25) is 0 Å². The van der Waals surface area contributed by atoms with Gasteiger partial charge in [0.05, 0.1) is 37.6 Å². The van der Waals surface area contributed by atoms with Crippen LogP contribution in [0.15, 0.2) is 35.4 Å². The Kier molecular flexibility index (Phi) is 5.38. The SMILES string of the molecule is C[C@@H]1O[C@H](CN=[N+]=[N-])[C@@H](O)C[C@H]1OCc1ccccc1. The molecule has 0 unspecified atom stereocenters. The van der Waals surface area contributed by atoms with E-state index in [1.54, 1.807) is 0 Å². The Bertz CT molecular complexity index is 462. The highest BCUT2D eigenvalue weighted by Crippen LogP contribution is 2.24. The third kappa shape index (κ3) is 3.95. The lowest BCUT2D eigenvalue weighted by Crippen LogP contribution is -2.48. The van der Waals surface area contributed by atoms with E-state index in [0.29, 0.717) is 13.0 Å². The maximum Gasteiger partial charge on any atom is 0.0896 e. The first-order valence-corrected chi connectivity index (χ1v) is 6.70. The van der Waals surface area contributed by atoms with Gasteiger partial charge in [0, 0.05) is 11.3 Å². The first-order chi connectivity index (χ1) is 9.70. The number of rotatable bonds is 5. The van der Waals surface area contributed by atoms with E-state index >= 15 is 0 Å². The van der Waals surface area contributed by atoms with Crippen molar-refractivity contribution in [3.05, 3.63) is 46.3 Å². The van der Waals surface area contributed by atoms with Crippen molar-refractivity contribution in [3.63, 3.8) is 0 Å². The zero-order valence-corrected chi connectivity index (χ0v) is 11.4. The van der Waals surface area contributed by atoms with Crippen molar-refractivity contribution in [2.75, 3.05) is 6.54 Å². The largest absolute Gasteiger partial charge is 0.390 e. The molecule has 1 aromatic rings. The van der Waals surface area contributed by atoms with Crippen LogP contribution in [-0.4, -0.2) is 36.1 Å². The van der Waals surface area contributed by atoms with E-state index in [0.717, 1.165) is 5.56 Å². The van der Waals surface area contributed by atoms with Gasteiger partial charge in [-0.05, 0) is 18.0 Å². The van der Waals surface area contributed by atoms with Crippen LogP contribution < -0.4 is 0 Å². The van der Waals surface area contributed by atoms with Crippen molar-refractivity contribution in [2.45, 2.75) is 44.4 Å². The van der Waals surface area contributed by atoms with Crippen LogP contribution in [0.1, 0.15) is 18.9 Å². The number of ether oxygens (including phenoxy) is 2. The van der Waals surface area contributed by atoms with Crippen LogP contribution in [0, 0.1) is 0 Å². The number of azide groups is 1. The number of benzene rings is 1. The molecule has 1 N–H and O–H groups in total. The maximum atomic E-state index is 9.99. The van der Waals surface area contributed by atoms with E-state index < -0.39 is 12.2 Å². The second kappa shape index (κ2) is 7.26. The van der Waals surface area contributed by atoms with Crippen LogP contribution in [0.25, 0.3) is 10.4 Å². The van der Waals surface area contributed by atoms with Gasteiger partial charge >= 0.3 is 0 Å². The number of hydrogen-bond donors (Lipinski definition) is 1. The van der Waals surface area contributed by atoms with E-state index in [1.807, 2.05) is 37.3 Å². The lowest BCUT2D eigenvalue weighted by molar-refractivity contribution is -0.177. The predicted octanol–water partition coefficient (Wildman–Crippen LogP) is 2.42. The molecule has 0 aromatic heterocycles. The summed E-state index contributed by atoms with van der Waals surface area (Å²) in [6.07, 6.45) is -0.928. The monoisotopic (exact) mass is 277 g/mol. The molecule has 108 valence electrons. The number of hydrogen-bond acceptors (Lipinski definition) is 4. The van der Waals surface area contributed by atoms with E-state index in [9.17, 15) is 5.11 Å². The summed E-state index contributed by atoms with van der Waals surface area (Å²) in [5.74, 6) is 0. The molecule has 0 spiro atoms. The smallest absolute Gasteiger partial charge is 0.0896 e. The highest BCUT2D eigenvalue weighted by molar-refractivity contribution is 5.13. The van der Waals surface area contributed by atoms with Gasteiger partial charge in [0.15, 0.2) is 0 Å². The highest BCUT2D eigenvalue weighted by atomic mass is 16.6. The van der Waals surface area contributed by atoms with Gasteiger partial charge in [0.25, 0.3) is 0 Å². The van der Waals surface area contributed by atoms with Gasteiger partial charge in [-0.2, -0.15) is 0 Å². The van der Waals surface area contributed by atoms with Crippen molar-refractivity contribution in [2.24, 2.45) is 5.11 Å². The van der Waals surface area contributed by atoms with Gasteiger partial charge in [-0.3, -0.25) is 0 Å². The van der Waals surface area contributed by atoms with Crippen LogP contribution >= 0.6 is 0 Å². The zero-order valence-electron chi connectivity index (χ0n) is 11.4. The van der Waals surface area contributed by atoms with Gasteiger partial charge < -0.3 is 14.6 Å². The van der Waals surface area contributed by atoms with Gasteiger partial charge in [-0.25, -0.2) is 0 Å². The maximum absolute atomic E-state index is 9.99. The fraction of sp³-hybridized carbons (Fsp3) is 0.571. The third-order valence-corrected chi connectivity index (χ3v) is 3.45. The molecular formula is C14H19N3O3. The molecule has 0 saturated carbocycles. The second-order valence-electron chi connectivity index (χ2n) is 4.93. The Labute approximate surface area is 118 Å². The average Bonchev–Trinajstić information content (AvgIpc) is 2.47. The molecule has 1 heterocycles. The third-order valence-electron chi connectivity index (χ3n) is 3.45. The molecule has 1 saturated heterocycles. The summed E-state index contributed by atoms with van der Waals surface area (Å²) in [6.45, 7) is 2.55. The predicted molar refractivity (Wildman–Crippen MR) is 74.0 cm³/mol. The van der Waals surface area contributed by atoms with Crippen LogP contribution in [0.4, 0.5) is 0 Å². The van der Waals surface area contributed by atoms with Crippen LogP contribution in [0.3, 0.4) is 0 Å². The van der Waals surface area contributed by atoms with Crippen molar-refractivity contribution >= 4 is 0 Å². The van der Waals surface area contributed by atoms with E-state index in [2.05, 4.69) is 10.0 Å². The molecule has 1 fully saturated rings. The van der Waals surface area contributed by atoms with E-state index in [4.69, 9.17) is 15.0 Å². The molecule has 1 aromatic carbocycles. The Balaban J connectivity index is 1.86. The summed E-state index contributed by atoms with van der Waals surface area (Å²) in [5.41, 5.74) is 9.40. The first kappa shape index (κ1) is 14.8. The lowest BCUT2D eigenvalue weighted by Gasteiger charge is -2.37. The summed E-state index contributed by atoms with van der Waals surface area (Å²) >= 11 is 0. The van der Waals surface area contributed by atoms with Crippen LogP contribution in [0.2, 0.25) is 0 Å². The van der Waals surface area contributed by atoms with Crippen molar-refractivity contribution < 1.29 is 14.6 Å². The number of aliphatic hydroxyl groups excluding tert-OH is 1. The summed E-state index contributed by atoms with van der Waals surface area (Å²) in [4.78, 5) is 2.69. The van der Waals surface area contributed by atoms with Crippen molar-refractivity contribution in [1.82, 2.24) is 0 Å². The Morgan fingerprint density at radius 3 is 2.90 bits per heavy atom. The zero-order chi connectivity index (χ0) is 14.4. The summed E-state index contributed by atoms with van der Waals surface area (Å²) in [7, 11) is 0. The molecule has 1 aliphatic heterocycles. The van der Waals surface area contributed by atoms with Crippen LogP contribution in [-0.2, 0) is 16.1 Å². The minimum atomic E-state index is -0.669. The topological polar surface area (TPSA) is 87.5 Å². The van der Waals surface area contributed by atoms with E-state index in [1.165, 1.54) is 0 Å². The second-order valence-corrected chi connectivity index (χ2v) is 4.93. The minimum absolute atomic E-state index is 0.138. The molecule has 20 heavy (non-hydrogen) atoms. The Hall–Kier alpha value is -1.59. The normalized spacial score (nSPS) is 29.7. The van der Waals surface area contributed by atoms with Crippen molar-refractivity contribution in [1.29, 1.82) is 0 Å². The van der Waals surface area contributed by atoms with E-state index in [-0.39, 0.29) is 18.8 Å². The molecule has 4 atom stereocenters. The molecule has 2 rings (SSSR count). The molecule has 1 aliphatic rings. The summed E-state index contributed by atoms with van der Waals surface area (Å²) in [6, 6.07) is 9.87. The molecule has 6 nitrogen and oxygen atoms in total. The van der Waals surface area contributed by atoms with Gasteiger partial charge in [-0.15, -0.1) is 0 Å². The standard InChI is InChI=1S/C14H19N3O3/c1-10-13(19-9-11-5-3-2-4-6-11)7-12(18)14(20-10)8-16-17-15/h2-6,10,12-14,18H,7-9H2,1H3/t10-,12-,13+,14+/m0/s1. The molecule has 0 aliphatic carbocycles. The Morgan fingerprint density at radius 2 is 2.20 bits per heavy atom. The molecule has 0 amide bonds. The molecule has 0 radical (unpaired) electrons. The lowest BCUT2D eigenvalue weighted by atomic mass is 9.99. The Morgan fingerprint density at radius 1 is 1.45 bits per heavy atom. The molecular weight excluding hydrogens is 258 g/mol. The number of nitrogens with zero attached hydrogens (tertiary/aromatic N) is 3. The van der Waals surface area contributed by atoms with Gasteiger partial charge in [0.1, 0.15) is 0 Å². The molecule has 0 bridgehead atoms. The quantitative estimate of drug-likeness (QED) is 0.509.